The molecule has 0 atom stereocenters. The third-order valence-electron chi connectivity index (χ3n) is 2.61. The lowest BCUT2D eigenvalue weighted by atomic mass is 10.1. The predicted molar refractivity (Wildman–Crippen MR) is 83.3 cm³/mol. The van der Waals surface area contributed by atoms with E-state index < -0.39 is 0 Å². The average molecular weight is 306 g/mol. The second-order valence-corrected chi connectivity index (χ2v) is 5.54. The number of hydrogen-bond acceptors (Lipinski definition) is 2. The van der Waals surface area contributed by atoms with E-state index in [9.17, 15) is 4.39 Å². The zero-order valence-electron chi connectivity index (χ0n) is 10.7. The van der Waals surface area contributed by atoms with Crippen molar-refractivity contribution >= 4 is 23.4 Å². The summed E-state index contributed by atoms with van der Waals surface area (Å²) in [6, 6.07) is 12.3. The van der Waals surface area contributed by atoms with E-state index in [4.69, 9.17) is 17.3 Å². The van der Waals surface area contributed by atoms with E-state index in [1.807, 2.05) is 24.3 Å². The van der Waals surface area contributed by atoms with Gasteiger partial charge in [-0.15, -0.1) is 11.8 Å². The van der Waals surface area contributed by atoms with Gasteiger partial charge in [0.1, 0.15) is 5.82 Å². The number of benzene rings is 2. The average Bonchev–Trinajstić information content (AvgIpc) is 2.46. The third-order valence-corrected chi connectivity index (χ3v) is 3.92. The molecule has 0 saturated heterocycles. The fourth-order valence-corrected chi connectivity index (χ4v) is 2.66. The number of halogens is 2. The molecule has 0 aliphatic rings. The van der Waals surface area contributed by atoms with Crippen molar-refractivity contribution in [3.63, 3.8) is 0 Å². The van der Waals surface area contributed by atoms with Crippen LogP contribution in [0.5, 0.6) is 0 Å². The van der Waals surface area contributed by atoms with Gasteiger partial charge in [-0.2, -0.15) is 0 Å². The first-order valence-corrected chi connectivity index (χ1v) is 7.41. The number of nitrogens with two attached hydrogens (primary N) is 1. The van der Waals surface area contributed by atoms with Crippen molar-refractivity contribution in [1.82, 2.24) is 0 Å². The molecule has 0 spiro atoms. The molecule has 0 aliphatic heterocycles. The van der Waals surface area contributed by atoms with E-state index in [0.29, 0.717) is 10.6 Å². The molecular weight excluding hydrogens is 293 g/mol. The molecule has 102 valence electrons. The Bertz CT molecular complexity index is 644. The van der Waals surface area contributed by atoms with Crippen LogP contribution in [0.25, 0.3) is 0 Å². The first-order chi connectivity index (χ1) is 9.69. The van der Waals surface area contributed by atoms with E-state index in [2.05, 4.69) is 11.8 Å². The summed E-state index contributed by atoms with van der Waals surface area (Å²) < 4.78 is 13.3. The molecule has 0 aliphatic carbocycles. The maximum absolute atomic E-state index is 13.3. The first-order valence-electron chi connectivity index (χ1n) is 6.05. The first kappa shape index (κ1) is 14.9. The van der Waals surface area contributed by atoms with Crippen molar-refractivity contribution in [2.24, 2.45) is 5.73 Å². The highest BCUT2D eigenvalue weighted by atomic mass is 35.5. The minimum atomic E-state index is -0.286. The summed E-state index contributed by atoms with van der Waals surface area (Å²) in [5, 5.41) is 0.714. The molecule has 0 radical (unpaired) electrons. The predicted octanol–water partition coefficient (Wildman–Crippen LogP) is 4.08. The number of hydrogen-bond donors (Lipinski definition) is 1. The Kier molecular flexibility index (Phi) is 5.49. The lowest BCUT2D eigenvalue weighted by Crippen LogP contribution is -1.95. The van der Waals surface area contributed by atoms with Crippen molar-refractivity contribution in [3.8, 4) is 11.8 Å². The van der Waals surface area contributed by atoms with Crippen LogP contribution in [-0.2, 0) is 5.75 Å². The molecule has 2 rings (SSSR count). The van der Waals surface area contributed by atoms with Crippen molar-refractivity contribution < 1.29 is 4.39 Å². The molecule has 20 heavy (non-hydrogen) atoms. The van der Waals surface area contributed by atoms with Gasteiger partial charge >= 0.3 is 0 Å². The normalized spacial score (nSPS) is 9.95. The molecule has 1 nitrogen and oxygen atoms in total. The summed E-state index contributed by atoms with van der Waals surface area (Å²) >= 11 is 7.50. The minimum absolute atomic E-state index is 0.264. The van der Waals surface area contributed by atoms with Gasteiger partial charge in [0.15, 0.2) is 0 Å². The molecule has 2 N–H and O–H groups in total. The van der Waals surface area contributed by atoms with Crippen molar-refractivity contribution in [2.45, 2.75) is 10.6 Å². The molecule has 2 aromatic rings. The molecule has 0 unspecified atom stereocenters. The molecule has 2 aromatic carbocycles. The van der Waals surface area contributed by atoms with E-state index in [1.165, 1.54) is 12.1 Å². The lowest BCUT2D eigenvalue weighted by Gasteiger charge is -2.05. The van der Waals surface area contributed by atoms with E-state index >= 15 is 0 Å². The van der Waals surface area contributed by atoms with Gasteiger partial charge in [-0.05, 0) is 42.0 Å². The van der Waals surface area contributed by atoms with Crippen LogP contribution in [0, 0.1) is 17.7 Å². The Morgan fingerprint density at radius 1 is 1.15 bits per heavy atom. The molecule has 0 saturated carbocycles. The number of thioether (sulfide) groups is 1. The van der Waals surface area contributed by atoms with Crippen LogP contribution in [-0.4, -0.2) is 6.54 Å². The molecule has 4 heteroatoms. The van der Waals surface area contributed by atoms with Gasteiger partial charge in [-0.1, -0.05) is 29.5 Å². The maximum Gasteiger partial charge on any atom is 0.124 e. The van der Waals surface area contributed by atoms with Gasteiger partial charge in [0.2, 0.25) is 0 Å². The maximum atomic E-state index is 13.3. The van der Waals surface area contributed by atoms with Gasteiger partial charge in [-0.3, -0.25) is 0 Å². The van der Waals surface area contributed by atoms with Crippen molar-refractivity contribution in [3.05, 3.63) is 64.4 Å². The van der Waals surface area contributed by atoms with Gasteiger partial charge in [0.05, 0.1) is 6.54 Å². The Hall–Kier alpha value is -1.47. The second kappa shape index (κ2) is 7.35. The van der Waals surface area contributed by atoms with Crippen LogP contribution in [0.1, 0.15) is 11.1 Å². The summed E-state index contributed by atoms with van der Waals surface area (Å²) in [7, 11) is 0. The van der Waals surface area contributed by atoms with Crippen LogP contribution in [0.4, 0.5) is 4.39 Å². The zero-order valence-corrected chi connectivity index (χ0v) is 12.3. The van der Waals surface area contributed by atoms with Gasteiger partial charge in [-0.25, -0.2) is 4.39 Å². The Labute approximate surface area is 127 Å². The largest absolute Gasteiger partial charge is 0.320 e. The third kappa shape index (κ3) is 4.28. The van der Waals surface area contributed by atoms with E-state index in [-0.39, 0.29) is 12.4 Å². The molecule has 0 aromatic heterocycles. The molecule has 0 amide bonds. The Morgan fingerprint density at radius 3 is 2.60 bits per heavy atom. The van der Waals surface area contributed by atoms with Crippen LogP contribution in [0.15, 0.2) is 47.4 Å². The fourth-order valence-electron chi connectivity index (χ4n) is 1.63. The summed E-state index contributed by atoms with van der Waals surface area (Å²) in [6.07, 6.45) is 0. The van der Waals surface area contributed by atoms with Crippen molar-refractivity contribution in [1.29, 1.82) is 0 Å². The molecule has 0 fully saturated rings. The highest BCUT2D eigenvalue weighted by Gasteiger charge is 2.03. The van der Waals surface area contributed by atoms with Crippen LogP contribution >= 0.6 is 23.4 Å². The smallest absolute Gasteiger partial charge is 0.124 e. The van der Waals surface area contributed by atoms with E-state index in [0.717, 1.165) is 16.2 Å². The Balaban J connectivity index is 2.14. The highest BCUT2D eigenvalue weighted by molar-refractivity contribution is 7.98. The molecular formula is C16H13ClFNS. The zero-order chi connectivity index (χ0) is 14.4. The van der Waals surface area contributed by atoms with Gasteiger partial charge in [0.25, 0.3) is 0 Å². The summed E-state index contributed by atoms with van der Waals surface area (Å²) in [6.45, 7) is 0.264. The SMILES string of the molecule is NCC#Cc1cc(F)ccc1CSc1ccc(Cl)cc1. The summed E-state index contributed by atoms with van der Waals surface area (Å²) in [4.78, 5) is 1.11. The lowest BCUT2D eigenvalue weighted by molar-refractivity contribution is 0.627. The molecule has 0 heterocycles. The molecule has 0 bridgehead atoms. The minimum Gasteiger partial charge on any atom is -0.320 e. The van der Waals surface area contributed by atoms with Crippen LogP contribution in [0.2, 0.25) is 5.02 Å². The second-order valence-electron chi connectivity index (χ2n) is 4.05. The summed E-state index contributed by atoms with van der Waals surface area (Å²) in [5.41, 5.74) is 7.04. The van der Waals surface area contributed by atoms with Crippen LogP contribution < -0.4 is 5.73 Å². The van der Waals surface area contributed by atoms with E-state index in [1.54, 1.807) is 17.8 Å². The van der Waals surface area contributed by atoms with Crippen LogP contribution in [0.3, 0.4) is 0 Å². The topological polar surface area (TPSA) is 26.0 Å². The fraction of sp³-hybridized carbons (Fsp3) is 0.125. The standard InChI is InChI=1S/C16H13ClFNS/c17-14-4-7-16(8-5-14)20-11-13-3-6-15(18)10-12(13)2-1-9-19/h3-8,10H,9,11,19H2. The van der Waals surface area contributed by atoms with Gasteiger partial charge in [0, 0.05) is 21.2 Å². The van der Waals surface area contributed by atoms with Gasteiger partial charge < -0.3 is 5.73 Å². The highest BCUT2D eigenvalue weighted by Crippen LogP contribution is 2.25. The number of rotatable bonds is 3. The quantitative estimate of drug-likeness (QED) is 0.683. The monoisotopic (exact) mass is 305 g/mol. The van der Waals surface area contributed by atoms with Crippen molar-refractivity contribution in [2.75, 3.05) is 6.54 Å². The Morgan fingerprint density at radius 2 is 1.90 bits per heavy atom. The summed E-state index contributed by atoms with van der Waals surface area (Å²) in [5.74, 6) is 6.11.